The molecule has 1 aliphatic heterocycles. The van der Waals surface area contributed by atoms with Gasteiger partial charge in [0.2, 0.25) is 18.6 Å². The molecule has 0 radical (unpaired) electrons. The Balaban J connectivity index is 1.44. The first-order chi connectivity index (χ1) is 13.9. The molecule has 4 rings (SSSR count). The molecule has 0 aliphatic carbocycles. The molecule has 150 valence electrons. The number of rotatable bonds is 5. The van der Waals surface area contributed by atoms with Crippen molar-refractivity contribution in [2.45, 2.75) is 38.2 Å². The van der Waals surface area contributed by atoms with Crippen molar-refractivity contribution in [1.29, 1.82) is 0 Å². The number of carbonyl (C=O) groups is 1. The quantitative estimate of drug-likeness (QED) is 0.618. The van der Waals surface area contributed by atoms with E-state index in [9.17, 15) is 4.79 Å². The van der Waals surface area contributed by atoms with Gasteiger partial charge in [-0.3, -0.25) is 4.79 Å². The smallest absolute Gasteiger partial charge is 0.277 e. The number of carbonyl (C=O) groups excluding carboxylic acids is 1. The molecule has 0 saturated carbocycles. The Morgan fingerprint density at radius 1 is 1.07 bits per heavy atom. The zero-order valence-electron chi connectivity index (χ0n) is 16.6. The minimum absolute atomic E-state index is 0.118. The summed E-state index contributed by atoms with van der Waals surface area (Å²) in [4.78, 5) is 12.7. The fourth-order valence-electron chi connectivity index (χ4n) is 3.21. The SMILES string of the molecule is Cc1cc(C)c(NC(=O)[C@@H](C)Sc2nnc(-c3ccc4c(c3)OCO4)o2)c(C)c1. The lowest BCUT2D eigenvalue weighted by atomic mass is 10.1. The van der Waals surface area contributed by atoms with E-state index in [1.54, 1.807) is 12.1 Å². The number of hydrogen-bond acceptors (Lipinski definition) is 7. The van der Waals surface area contributed by atoms with Crippen molar-refractivity contribution in [2.24, 2.45) is 0 Å². The molecule has 1 N–H and O–H groups in total. The molecule has 0 fully saturated rings. The van der Waals surface area contributed by atoms with Crippen LogP contribution in [0, 0.1) is 20.8 Å². The van der Waals surface area contributed by atoms with Gasteiger partial charge in [0.05, 0.1) is 5.25 Å². The predicted octanol–water partition coefficient (Wildman–Crippen LogP) is 4.51. The van der Waals surface area contributed by atoms with Gasteiger partial charge in [-0.1, -0.05) is 29.5 Å². The van der Waals surface area contributed by atoms with Gasteiger partial charge < -0.3 is 19.2 Å². The maximum Gasteiger partial charge on any atom is 0.277 e. The number of ether oxygens (including phenoxy) is 2. The van der Waals surface area contributed by atoms with Gasteiger partial charge in [0.1, 0.15) is 0 Å². The summed E-state index contributed by atoms with van der Waals surface area (Å²) in [5, 5.41) is 11.1. The fraction of sp³-hybridized carbons (Fsp3) is 0.286. The Morgan fingerprint density at radius 3 is 2.55 bits per heavy atom. The minimum atomic E-state index is -0.403. The van der Waals surface area contributed by atoms with Crippen molar-refractivity contribution in [3.05, 3.63) is 47.0 Å². The number of thioether (sulfide) groups is 1. The molecule has 1 atom stereocenters. The maximum absolute atomic E-state index is 12.7. The summed E-state index contributed by atoms with van der Waals surface area (Å²) in [6.45, 7) is 8.03. The van der Waals surface area contributed by atoms with Crippen LogP contribution in [0.3, 0.4) is 0 Å². The molecular formula is C21H21N3O4S. The second-order valence-corrected chi connectivity index (χ2v) is 8.26. The van der Waals surface area contributed by atoms with Crippen LogP contribution in [0.1, 0.15) is 23.6 Å². The average Bonchev–Trinajstić information content (AvgIpc) is 3.32. The molecule has 3 aromatic rings. The van der Waals surface area contributed by atoms with Crippen LogP contribution in [0.15, 0.2) is 40.0 Å². The van der Waals surface area contributed by atoms with Crippen LogP contribution in [0.25, 0.3) is 11.5 Å². The van der Waals surface area contributed by atoms with Crippen LogP contribution in [0.2, 0.25) is 0 Å². The summed E-state index contributed by atoms with van der Waals surface area (Å²) in [6, 6.07) is 9.53. The largest absolute Gasteiger partial charge is 0.454 e. The Kier molecular flexibility index (Phi) is 5.19. The van der Waals surface area contributed by atoms with E-state index in [2.05, 4.69) is 27.6 Å². The second-order valence-electron chi connectivity index (χ2n) is 6.96. The van der Waals surface area contributed by atoms with Gasteiger partial charge in [-0.25, -0.2) is 0 Å². The molecule has 0 spiro atoms. The van der Waals surface area contributed by atoms with Gasteiger partial charge >= 0.3 is 0 Å². The molecule has 1 aromatic heterocycles. The third kappa shape index (κ3) is 4.07. The highest BCUT2D eigenvalue weighted by Gasteiger charge is 2.21. The van der Waals surface area contributed by atoms with Crippen LogP contribution in [-0.4, -0.2) is 28.1 Å². The van der Waals surface area contributed by atoms with Gasteiger partial charge in [-0.05, 0) is 57.0 Å². The molecule has 1 amide bonds. The van der Waals surface area contributed by atoms with E-state index in [-0.39, 0.29) is 12.7 Å². The molecule has 2 aromatic carbocycles. The van der Waals surface area contributed by atoms with E-state index < -0.39 is 5.25 Å². The molecule has 0 bridgehead atoms. The highest BCUT2D eigenvalue weighted by molar-refractivity contribution is 8.00. The van der Waals surface area contributed by atoms with E-state index in [0.29, 0.717) is 22.6 Å². The first kappa shape index (κ1) is 19.3. The zero-order chi connectivity index (χ0) is 20.5. The van der Waals surface area contributed by atoms with Crippen LogP contribution < -0.4 is 14.8 Å². The van der Waals surface area contributed by atoms with Crippen LogP contribution in [0.4, 0.5) is 5.69 Å². The van der Waals surface area contributed by atoms with Crippen molar-refractivity contribution in [3.8, 4) is 23.0 Å². The first-order valence-corrected chi connectivity index (χ1v) is 10.1. The van der Waals surface area contributed by atoms with Gasteiger partial charge in [0, 0.05) is 11.3 Å². The summed E-state index contributed by atoms with van der Waals surface area (Å²) >= 11 is 1.22. The van der Waals surface area contributed by atoms with Crippen molar-refractivity contribution < 1.29 is 18.7 Å². The molecule has 8 heteroatoms. The number of amides is 1. The number of nitrogens with zero attached hydrogens (tertiary/aromatic N) is 2. The lowest BCUT2D eigenvalue weighted by Crippen LogP contribution is -2.23. The first-order valence-electron chi connectivity index (χ1n) is 9.19. The van der Waals surface area contributed by atoms with Crippen molar-refractivity contribution in [3.63, 3.8) is 0 Å². The molecule has 7 nitrogen and oxygen atoms in total. The van der Waals surface area contributed by atoms with Gasteiger partial charge in [0.15, 0.2) is 11.5 Å². The molecular weight excluding hydrogens is 390 g/mol. The molecule has 0 saturated heterocycles. The minimum Gasteiger partial charge on any atom is -0.454 e. The number of nitrogens with one attached hydrogen (secondary N) is 1. The van der Waals surface area contributed by atoms with Gasteiger partial charge in [-0.2, -0.15) is 0 Å². The number of hydrogen-bond donors (Lipinski definition) is 1. The van der Waals surface area contributed by atoms with E-state index in [1.807, 2.05) is 33.8 Å². The van der Waals surface area contributed by atoms with Crippen LogP contribution in [0.5, 0.6) is 11.5 Å². The highest BCUT2D eigenvalue weighted by atomic mass is 32.2. The normalized spacial score (nSPS) is 13.4. The number of anilines is 1. The number of aromatic nitrogens is 2. The number of fused-ring (bicyclic) bond motifs is 1. The topological polar surface area (TPSA) is 86.5 Å². The summed E-state index contributed by atoms with van der Waals surface area (Å²) in [5.74, 6) is 1.58. The van der Waals surface area contributed by atoms with E-state index in [4.69, 9.17) is 13.9 Å². The molecule has 1 aliphatic rings. The van der Waals surface area contributed by atoms with Gasteiger partial charge in [-0.15, -0.1) is 10.2 Å². The molecule has 0 unspecified atom stereocenters. The maximum atomic E-state index is 12.7. The monoisotopic (exact) mass is 411 g/mol. The highest BCUT2D eigenvalue weighted by Crippen LogP contribution is 2.36. The van der Waals surface area contributed by atoms with E-state index in [1.165, 1.54) is 17.3 Å². The second kappa shape index (κ2) is 7.79. The lowest BCUT2D eigenvalue weighted by Gasteiger charge is -2.15. The van der Waals surface area contributed by atoms with Crippen LogP contribution >= 0.6 is 11.8 Å². The number of aryl methyl sites for hydroxylation is 3. The van der Waals surface area contributed by atoms with Gasteiger partial charge in [0.25, 0.3) is 5.22 Å². The Labute approximate surface area is 172 Å². The van der Waals surface area contributed by atoms with Crippen LogP contribution in [-0.2, 0) is 4.79 Å². The Morgan fingerprint density at radius 2 is 1.79 bits per heavy atom. The summed E-state index contributed by atoms with van der Waals surface area (Å²) in [5.41, 5.74) is 4.82. The third-order valence-corrected chi connectivity index (χ3v) is 5.53. The molecule has 2 heterocycles. The van der Waals surface area contributed by atoms with E-state index in [0.717, 1.165) is 22.4 Å². The standard InChI is InChI=1S/C21H21N3O4S/c1-11-7-12(2)18(13(3)8-11)22-19(25)14(4)29-21-24-23-20(28-21)15-5-6-16-17(9-15)27-10-26-16/h5-9,14H,10H2,1-4H3,(H,22,25)/t14-/m1/s1. The van der Waals surface area contributed by atoms with Crippen molar-refractivity contribution >= 4 is 23.4 Å². The van der Waals surface area contributed by atoms with E-state index >= 15 is 0 Å². The fourth-order valence-corrected chi connectivity index (χ4v) is 3.89. The Bertz CT molecular complexity index is 1060. The summed E-state index contributed by atoms with van der Waals surface area (Å²) in [7, 11) is 0. The predicted molar refractivity (Wildman–Crippen MR) is 110 cm³/mol. The zero-order valence-corrected chi connectivity index (χ0v) is 17.4. The van der Waals surface area contributed by atoms with Crippen molar-refractivity contribution in [2.75, 3.05) is 12.1 Å². The molecule has 29 heavy (non-hydrogen) atoms. The third-order valence-electron chi connectivity index (χ3n) is 4.60. The lowest BCUT2D eigenvalue weighted by molar-refractivity contribution is -0.115. The summed E-state index contributed by atoms with van der Waals surface area (Å²) in [6.07, 6.45) is 0. The van der Waals surface area contributed by atoms with Crippen molar-refractivity contribution in [1.82, 2.24) is 10.2 Å². The number of benzene rings is 2. The summed E-state index contributed by atoms with van der Waals surface area (Å²) < 4.78 is 16.4. The average molecular weight is 411 g/mol. The Hall–Kier alpha value is -3.00.